The smallest absolute Gasteiger partial charge is 0.239 e. The lowest BCUT2D eigenvalue weighted by atomic mass is 10.1. The molecule has 0 aliphatic rings. The van der Waals surface area contributed by atoms with E-state index < -0.39 is 0 Å². The first-order valence-electron chi connectivity index (χ1n) is 7.09. The lowest BCUT2D eigenvalue weighted by Crippen LogP contribution is -2.13. The number of carbonyl (C=O) groups excluding carboxylic acids is 1. The van der Waals surface area contributed by atoms with Gasteiger partial charge in [0, 0.05) is 11.4 Å². The highest BCUT2D eigenvalue weighted by Crippen LogP contribution is 2.15. The number of nitrogens with one attached hydrogen (secondary N) is 1. The Kier molecular flexibility index (Phi) is 6.93. The number of alkyl halides is 1. The van der Waals surface area contributed by atoms with Crippen LogP contribution in [-0.2, 0) is 4.79 Å². The molecule has 2 aromatic rings. The molecule has 0 saturated carbocycles. The van der Waals surface area contributed by atoms with Gasteiger partial charge in [-0.15, -0.1) is 11.6 Å². The Hall–Kier alpha value is -2.00. The summed E-state index contributed by atoms with van der Waals surface area (Å²) >= 11 is 5.37. The van der Waals surface area contributed by atoms with Gasteiger partial charge in [0.2, 0.25) is 5.91 Å². The van der Waals surface area contributed by atoms with Crippen molar-refractivity contribution in [3.8, 4) is 0 Å². The van der Waals surface area contributed by atoms with Crippen molar-refractivity contribution < 1.29 is 4.79 Å². The van der Waals surface area contributed by atoms with Gasteiger partial charge in [0.05, 0.1) is 0 Å². The zero-order valence-electron chi connectivity index (χ0n) is 13.5. The van der Waals surface area contributed by atoms with Crippen LogP contribution in [0.15, 0.2) is 36.4 Å². The molecular formula is C18H23ClN2O. The van der Waals surface area contributed by atoms with E-state index in [9.17, 15) is 4.79 Å². The van der Waals surface area contributed by atoms with Gasteiger partial charge >= 0.3 is 0 Å². The Labute approximate surface area is 137 Å². The summed E-state index contributed by atoms with van der Waals surface area (Å²) in [5.74, 6) is -0.179. The third kappa shape index (κ3) is 5.78. The molecule has 3 N–H and O–H groups in total. The first kappa shape index (κ1) is 18.1. The molecule has 22 heavy (non-hydrogen) atoms. The van der Waals surface area contributed by atoms with Crippen molar-refractivity contribution in [1.82, 2.24) is 0 Å². The van der Waals surface area contributed by atoms with Crippen LogP contribution in [-0.4, -0.2) is 11.8 Å². The summed E-state index contributed by atoms with van der Waals surface area (Å²) in [7, 11) is 0. The standard InChI is InChI=1S/C10H12ClNO.C8H11N/c1-7-3-4-9(8(2)5-7)12-10(13)6-11;1-6-3-4-8(9)7(2)5-6/h3-5H,6H2,1-2H3,(H,12,13);3-5H,9H2,1-2H3. The summed E-state index contributed by atoms with van der Waals surface area (Å²) in [5, 5.41) is 2.72. The molecule has 2 aromatic carbocycles. The highest BCUT2D eigenvalue weighted by atomic mass is 35.5. The van der Waals surface area contributed by atoms with E-state index in [1.807, 2.05) is 51.1 Å². The van der Waals surface area contributed by atoms with Crippen LogP contribution in [0.3, 0.4) is 0 Å². The molecule has 0 aliphatic carbocycles. The Balaban J connectivity index is 0.000000235. The Morgan fingerprint density at radius 1 is 1.00 bits per heavy atom. The number of hydrogen-bond acceptors (Lipinski definition) is 2. The molecule has 0 spiro atoms. The maximum absolute atomic E-state index is 11.0. The number of hydrogen-bond donors (Lipinski definition) is 2. The van der Waals surface area contributed by atoms with Gasteiger partial charge in [-0.2, -0.15) is 0 Å². The summed E-state index contributed by atoms with van der Waals surface area (Å²) in [5.41, 5.74) is 12.0. The number of aryl methyl sites for hydroxylation is 4. The highest BCUT2D eigenvalue weighted by molar-refractivity contribution is 6.29. The molecule has 3 nitrogen and oxygen atoms in total. The van der Waals surface area contributed by atoms with Crippen LogP contribution < -0.4 is 11.1 Å². The summed E-state index contributed by atoms with van der Waals surface area (Å²) < 4.78 is 0. The van der Waals surface area contributed by atoms with Crippen LogP contribution in [0.4, 0.5) is 11.4 Å². The van der Waals surface area contributed by atoms with Crippen molar-refractivity contribution in [3.05, 3.63) is 58.7 Å². The molecular weight excluding hydrogens is 296 g/mol. The number of halogens is 1. The predicted octanol–water partition coefficient (Wildman–Crippen LogP) is 4.37. The molecule has 118 valence electrons. The number of carbonyl (C=O) groups is 1. The van der Waals surface area contributed by atoms with Crippen LogP contribution in [0, 0.1) is 27.7 Å². The van der Waals surface area contributed by atoms with Crippen molar-refractivity contribution in [3.63, 3.8) is 0 Å². The van der Waals surface area contributed by atoms with Crippen molar-refractivity contribution >= 4 is 28.9 Å². The molecule has 0 atom stereocenters. The van der Waals surface area contributed by atoms with Gasteiger partial charge in [0.25, 0.3) is 0 Å². The lowest BCUT2D eigenvalue weighted by Gasteiger charge is -2.07. The van der Waals surface area contributed by atoms with Crippen LogP contribution in [0.2, 0.25) is 0 Å². The molecule has 0 saturated heterocycles. The molecule has 0 fully saturated rings. The predicted molar refractivity (Wildman–Crippen MR) is 95.6 cm³/mol. The molecule has 0 aliphatic heterocycles. The number of nitrogen functional groups attached to an aromatic ring is 1. The van der Waals surface area contributed by atoms with Crippen LogP contribution in [0.1, 0.15) is 22.3 Å². The van der Waals surface area contributed by atoms with E-state index >= 15 is 0 Å². The number of anilines is 2. The average molecular weight is 319 g/mol. The summed E-state index contributed by atoms with van der Waals surface area (Å²) in [4.78, 5) is 11.0. The maximum Gasteiger partial charge on any atom is 0.239 e. The van der Waals surface area contributed by atoms with Crippen LogP contribution >= 0.6 is 11.6 Å². The molecule has 2 rings (SSSR count). The Bertz CT molecular complexity index is 654. The minimum atomic E-state index is -0.173. The van der Waals surface area contributed by atoms with E-state index in [1.165, 1.54) is 11.1 Å². The summed E-state index contributed by atoms with van der Waals surface area (Å²) in [6.45, 7) is 8.05. The van der Waals surface area contributed by atoms with Gasteiger partial charge in [-0.1, -0.05) is 35.4 Å². The zero-order valence-corrected chi connectivity index (χ0v) is 14.3. The van der Waals surface area contributed by atoms with Crippen molar-refractivity contribution in [2.45, 2.75) is 27.7 Å². The summed E-state index contributed by atoms with van der Waals surface area (Å²) in [6.07, 6.45) is 0. The van der Waals surface area contributed by atoms with Gasteiger partial charge in [0.15, 0.2) is 0 Å². The minimum absolute atomic E-state index is 0.00663. The lowest BCUT2D eigenvalue weighted by molar-refractivity contribution is -0.113. The second-order valence-corrected chi connectivity index (χ2v) is 5.63. The molecule has 0 unspecified atom stereocenters. The van der Waals surface area contributed by atoms with E-state index in [2.05, 4.69) is 18.3 Å². The fraction of sp³-hybridized carbons (Fsp3) is 0.278. The molecule has 0 bridgehead atoms. The zero-order chi connectivity index (χ0) is 16.7. The number of benzene rings is 2. The molecule has 0 heterocycles. The number of amides is 1. The fourth-order valence-electron chi connectivity index (χ4n) is 1.96. The van der Waals surface area contributed by atoms with Crippen molar-refractivity contribution in [2.75, 3.05) is 16.9 Å². The quantitative estimate of drug-likeness (QED) is 0.638. The Morgan fingerprint density at radius 3 is 2.00 bits per heavy atom. The average Bonchev–Trinajstić information content (AvgIpc) is 2.47. The maximum atomic E-state index is 11.0. The van der Waals surface area contributed by atoms with Crippen molar-refractivity contribution in [1.29, 1.82) is 0 Å². The number of rotatable bonds is 2. The van der Waals surface area contributed by atoms with E-state index in [1.54, 1.807) is 0 Å². The van der Waals surface area contributed by atoms with Gasteiger partial charge in [0.1, 0.15) is 5.88 Å². The first-order valence-corrected chi connectivity index (χ1v) is 7.62. The van der Waals surface area contributed by atoms with Crippen LogP contribution in [0.5, 0.6) is 0 Å². The van der Waals surface area contributed by atoms with E-state index in [0.717, 1.165) is 22.5 Å². The van der Waals surface area contributed by atoms with Crippen molar-refractivity contribution in [2.24, 2.45) is 0 Å². The normalized spacial score (nSPS) is 9.68. The van der Waals surface area contributed by atoms with Gasteiger partial charge in [-0.3, -0.25) is 4.79 Å². The second kappa shape index (κ2) is 8.44. The number of nitrogens with two attached hydrogens (primary N) is 1. The molecule has 4 heteroatoms. The van der Waals surface area contributed by atoms with E-state index in [0.29, 0.717) is 0 Å². The third-order valence-electron chi connectivity index (χ3n) is 3.20. The monoisotopic (exact) mass is 318 g/mol. The van der Waals surface area contributed by atoms with Gasteiger partial charge < -0.3 is 11.1 Å². The van der Waals surface area contributed by atoms with E-state index in [4.69, 9.17) is 17.3 Å². The SMILES string of the molecule is Cc1ccc(N)c(C)c1.Cc1ccc(NC(=O)CCl)c(C)c1. The van der Waals surface area contributed by atoms with Gasteiger partial charge in [-0.05, 0) is 51.0 Å². The summed E-state index contributed by atoms with van der Waals surface area (Å²) in [6, 6.07) is 11.9. The largest absolute Gasteiger partial charge is 0.399 e. The van der Waals surface area contributed by atoms with Crippen LogP contribution in [0.25, 0.3) is 0 Å². The van der Waals surface area contributed by atoms with E-state index in [-0.39, 0.29) is 11.8 Å². The molecule has 0 aromatic heterocycles. The first-order chi connectivity index (χ1) is 10.3. The Morgan fingerprint density at radius 2 is 1.55 bits per heavy atom. The minimum Gasteiger partial charge on any atom is -0.399 e. The third-order valence-corrected chi connectivity index (χ3v) is 3.45. The fourth-order valence-corrected chi connectivity index (χ4v) is 2.03. The second-order valence-electron chi connectivity index (χ2n) is 5.36. The molecule has 0 radical (unpaired) electrons. The highest BCUT2D eigenvalue weighted by Gasteiger charge is 2.02. The molecule has 1 amide bonds. The van der Waals surface area contributed by atoms with Gasteiger partial charge in [-0.25, -0.2) is 0 Å². The topological polar surface area (TPSA) is 55.1 Å².